The number of unbranched alkanes of at least 4 members (excludes halogenated alkanes) is 1. The van der Waals surface area contributed by atoms with Gasteiger partial charge in [-0.3, -0.25) is 4.90 Å². The molecule has 0 unspecified atom stereocenters. The summed E-state index contributed by atoms with van der Waals surface area (Å²) in [6, 6.07) is 0. The van der Waals surface area contributed by atoms with Gasteiger partial charge in [0, 0.05) is 19.8 Å². The molecular formula is C12H27NO2. The van der Waals surface area contributed by atoms with Gasteiger partial charge < -0.3 is 9.47 Å². The van der Waals surface area contributed by atoms with Crippen molar-refractivity contribution >= 4 is 0 Å². The van der Waals surface area contributed by atoms with Crippen molar-refractivity contribution in [3.05, 3.63) is 0 Å². The quantitative estimate of drug-likeness (QED) is 0.525. The van der Waals surface area contributed by atoms with Crippen LogP contribution in [0.25, 0.3) is 0 Å². The van der Waals surface area contributed by atoms with Gasteiger partial charge in [-0.15, -0.1) is 0 Å². The van der Waals surface area contributed by atoms with Crippen molar-refractivity contribution in [2.24, 2.45) is 0 Å². The minimum absolute atomic E-state index is 0.0585. The Morgan fingerprint density at radius 2 is 1.60 bits per heavy atom. The highest BCUT2D eigenvalue weighted by Gasteiger charge is 2.12. The molecule has 92 valence electrons. The zero-order valence-electron chi connectivity index (χ0n) is 10.8. The van der Waals surface area contributed by atoms with Crippen molar-refractivity contribution in [2.45, 2.75) is 46.8 Å². The van der Waals surface area contributed by atoms with Crippen LogP contribution >= 0.6 is 0 Å². The zero-order chi connectivity index (χ0) is 11.5. The van der Waals surface area contributed by atoms with E-state index in [4.69, 9.17) is 9.47 Å². The molecule has 0 aromatic heterocycles. The van der Waals surface area contributed by atoms with Crippen LogP contribution in [0.4, 0.5) is 0 Å². The Morgan fingerprint density at radius 3 is 2.00 bits per heavy atom. The lowest BCUT2D eigenvalue weighted by Crippen LogP contribution is -2.36. The van der Waals surface area contributed by atoms with Gasteiger partial charge in [0.15, 0.2) is 6.29 Å². The lowest BCUT2D eigenvalue weighted by molar-refractivity contribution is -0.146. The number of likely N-dealkylation sites (N-methyl/N-ethyl adjacent to an activating group) is 1. The third-order valence-electron chi connectivity index (χ3n) is 2.39. The number of hydrogen-bond donors (Lipinski definition) is 0. The van der Waals surface area contributed by atoms with Gasteiger partial charge in [0.05, 0.1) is 0 Å². The van der Waals surface area contributed by atoms with Crippen molar-refractivity contribution in [1.29, 1.82) is 0 Å². The molecule has 0 radical (unpaired) electrons. The van der Waals surface area contributed by atoms with Crippen molar-refractivity contribution in [2.75, 3.05) is 32.8 Å². The van der Waals surface area contributed by atoms with Crippen LogP contribution in [-0.2, 0) is 9.47 Å². The van der Waals surface area contributed by atoms with Crippen molar-refractivity contribution in [3.8, 4) is 0 Å². The van der Waals surface area contributed by atoms with Crippen LogP contribution in [0.15, 0.2) is 0 Å². The van der Waals surface area contributed by atoms with Crippen LogP contribution in [0.1, 0.15) is 40.5 Å². The van der Waals surface area contributed by atoms with Gasteiger partial charge >= 0.3 is 0 Å². The molecule has 3 nitrogen and oxygen atoms in total. The molecule has 0 saturated heterocycles. The molecular weight excluding hydrogens is 190 g/mol. The molecule has 0 amide bonds. The van der Waals surface area contributed by atoms with Gasteiger partial charge in [-0.05, 0) is 33.4 Å². The summed E-state index contributed by atoms with van der Waals surface area (Å²) in [6.45, 7) is 13.0. The van der Waals surface area contributed by atoms with E-state index in [-0.39, 0.29) is 6.29 Å². The van der Waals surface area contributed by atoms with Crippen molar-refractivity contribution in [1.82, 2.24) is 4.90 Å². The smallest absolute Gasteiger partial charge is 0.170 e. The van der Waals surface area contributed by atoms with Crippen LogP contribution in [0.3, 0.4) is 0 Å². The third-order valence-corrected chi connectivity index (χ3v) is 2.39. The molecule has 0 saturated carbocycles. The Kier molecular flexibility index (Phi) is 10.3. The van der Waals surface area contributed by atoms with E-state index >= 15 is 0 Å². The van der Waals surface area contributed by atoms with E-state index in [1.165, 1.54) is 12.8 Å². The van der Waals surface area contributed by atoms with Gasteiger partial charge in [0.25, 0.3) is 0 Å². The summed E-state index contributed by atoms with van der Waals surface area (Å²) < 4.78 is 11.1. The zero-order valence-corrected chi connectivity index (χ0v) is 10.8. The Morgan fingerprint density at radius 1 is 1.00 bits per heavy atom. The molecule has 15 heavy (non-hydrogen) atoms. The first-order valence-corrected chi connectivity index (χ1v) is 6.23. The molecule has 0 bridgehead atoms. The number of rotatable bonds is 10. The van der Waals surface area contributed by atoms with Crippen molar-refractivity contribution in [3.63, 3.8) is 0 Å². The molecule has 0 rings (SSSR count). The van der Waals surface area contributed by atoms with E-state index in [2.05, 4.69) is 18.7 Å². The van der Waals surface area contributed by atoms with Crippen LogP contribution in [-0.4, -0.2) is 44.0 Å². The number of ether oxygens (including phenoxy) is 2. The molecule has 0 heterocycles. The SMILES string of the molecule is CCCCN(CC)CC(OCC)OCC. The maximum absolute atomic E-state index is 5.53. The molecule has 0 aliphatic rings. The van der Waals surface area contributed by atoms with Gasteiger partial charge in [-0.2, -0.15) is 0 Å². The van der Waals surface area contributed by atoms with Gasteiger partial charge in [-0.25, -0.2) is 0 Å². The summed E-state index contributed by atoms with van der Waals surface area (Å²) in [6.07, 6.45) is 2.43. The lowest BCUT2D eigenvalue weighted by atomic mass is 10.3. The largest absolute Gasteiger partial charge is 0.352 e. The second kappa shape index (κ2) is 10.4. The Bertz CT molecular complexity index is 125. The van der Waals surface area contributed by atoms with Gasteiger partial charge in [-0.1, -0.05) is 20.3 Å². The predicted molar refractivity (Wildman–Crippen MR) is 64.1 cm³/mol. The summed E-state index contributed by atoms with van der Waals surface area (Å²) in [4.78, 5) is 2.39. The lowest BCUT2D eigenvalue weighted by Gasteiger charge is -2.25. The Hall–Kier alpha value is -0.120. The highest BCUT2D eigenvalue weighted by Crippen LogP contribution is 2.02. The molecule has 0 spiro atoms. The topological polar surface area (TPSA) is 21.7 Å². The summed E-state index contributed by atoms with van der Waals surface area (Å²) >= 11 is 0. The average Bonchev–Trinajstić information content (AvgIpc) is 2.24. The van der Waals surface area contributed by atoms with Crippen LogP contribution in [0.5, 0.6) is 0 Å². The maximum Gasteiger partial charge on any atom is 0.170 e. The van der Waals surface area contributed by atoms with E-state index in [1.54, 1.807) is 0 Å². The highest BCUT2D eigenvalue weighted by molar-refractivity contribution is 4.58. The first kappa shape index (κ1) is 14.9. The minimum Gasteiger partial charge on any atom is -0.352 e. The van der Waals surface area contributed by atoms with Gasteiger partial charge in [0.1, 0.15) is 0 Å². The van der Waals surface area contributed by atoms with Gasteiger partial charge in [0.2, 0.25) is 0 Å². The molecule has 0 aromatic rings. The van der Waals surface area contributed by atoms with Crippen LogP contribution in [0, 0.1) is 0 Å². The normalized spacial score (nSPS) is 11.6. The Labute approximate surface area is 94.7 Å². The van der Waals surface area contributed by atoms with E-state index in [0.29, 0.717) is 0 Å². The average molecular weight is 217 g/mol. The van der Waals surface area contributed by atoms with E-state index in [1.807, 2.05) is 13.8 Å². The second-order valence-corrected chi connectivity index (χ2v) is 3.59. The molecule has 0 atom stereocenters. The molecule has 0 fully saturated rings. The summed E-state index contributed by atoms with van der Waals surface area (Å²) in [7, 11) is 0. The standard InChI is InChI=1S/C12H27NO2/c1-5-9-10-13(6-2)11-12(14-7-3)15-8-4/h12H,5-11H2,1-4H3. The number of hydrogen-bond acceptors (Lipinski definition) is 3. The van der Waals surface area contributed by atoms with E-state index in [0.717, 1.165) is 32.8 Å². The van der Waals surface area contributed by atoms with Crippen LogP contribution < -0.4 is 0 Å². The molecule has 0 aromatic carbocycles. The summed E-state index contributed by atoms with van der Waals surface area (Å²) in [5.74, 6) is 0. The fourth-order valence-corrected chi connectivity index (χ4v) is 1.50. The molecule has 0 aliphatic heterocycles. The molecule has 0 N–H and O–H groups in total. The third kappa shape index (κ3) is 7.77. The highest BCUT2D eigenvalue weighted by atomic mass is 16.7. The molecule has 0 aliphatic carbocycles. The fourth-order valence-electron chi connectivity index (χ4n) is 1.50. The fraction of sp³-hybridized carbons (Fsp3) is 1.00. The Balaban J connectivity index is 3.85. The summed E-state index contributed by atoms with van der Waals surface area (Å²) in [5.41, 5.74) is 0. The minimum atomic E-state index is -0.0585. The van der Waals surface area contributed by atoms with E-state index in [9.17, 15) is 0 Å². The van der Waals surface area contributed by atoms with Crippen molar-refractivity contribution < 1.29 is 9.47 Å². The van der Waals surface area contributed by atoms with E-state index < -0.39 is 0 Å². The number of nitrogens with zero attached hydrogens (tertiary/aromatic N) is 1. The second-order valence-electron chi connectivity index (χ2n) is 3.59. The van der Waals surface area contributed by atoms with Crippen LogP contribution in [0.2, 0.25) is 0 Å². The molecule has 3 heteroatoms. The first-order valence-electron chi connectivity index (χ1n) is 6.23. The predicted octanol–water partition coefficient (Wildman–Crippen LogP) is 2.51. The summed E-state index contributed by atoms with van der Waals surface area (Å²) in [5, 5.41) is 0. The maximum atomic E-state index is 5.53. The first-order chi connectivity index (χ1) is 7.28. The monoisotopic (exact) mass is 217 g/mol.